The van der Waals surface area contributed by atoms with Gasteiger partial charge in [0.15, 0.2) is 11.5 Å². The van der Waals surface area contributed by atoms with Crippen molar-refractivity contribution in [1.29, 1.82) is 0 Å². The summed E-state index contributed by atoms with van der Waals surface area (Å²) >= 11 is 0. The fourth-order valence-electron chi connectivity index (χ4n) is 0.762. The van der Waals surface area contributed by atoms with Crippen LogP contribution in [0.5, 0.6) is 0 Å². The zero-order chi connectivity index (χ0) is 11.4. The van der Waals surface area contributed by atoms with E-state index >= 15 is 0 Å². The van der Waals surface area contributed by atoms with Gasteiger partial charge < -0.3 is 20.9 Å². The number of rotatable bonds is 5. The van der Waals surface area contributed by atoms with Gasteiger partial charge in [0, 0.05) is 6.42 Å². The van der Waals surface area contributed by atoms with Crippen LogP contribution in [0.4, 0.5) is 4.79 Å². The highest BCUT2D eigenvalue weighted by Gasteiger charge is 2.27. The van der Waals surface area contributed by atoms with E-state index in [9.17, 15) is 9.59 Å². The molecule has 14 heavy (non-hydrogen) atoms. The minimum atomic E-state index is -1.28. The van der Waals surface area contributed by atoms with Gasteiger partial charge in [0.05, 0.1) is 0 Å². The van der Waals surface area contributed by atoms with Crippen molar-refractivity contribution in [2.75, 3.05) is 0 Å². The smallest absolute Gasteiger partial charge is 0.370 e. The molecule has 0 aromatic rings. The molecule has 0 rings (SSSR count). The standard InChI is InChI=1S/C8H14N2O4/c1-4-8(3,10-7(9)13)14-5(2)6(11)12/h2,4H2,1,3H3,(H,11,12)(H3,9,10,13). The number of carboxylic acids is 1. The van der Waals surface area contributed by atoms with Crippen molar-refractivity contribution in [2.45, 2.75) is 26.0 Å². The van der Waals surface area contributed by atoms with E-state index < -0.39 is 23.5 Å². The van der Waals surface area contributed by atoms with Crippen LogP contribution in [0, 0.1) is 0 Å². The maximum Gasteiger partial charge on any atom is 0.370 e. The number of carbonyl (C=O) groups excluding carboxylic acids is 1. The van der Waals surface area contributed by atoms with Crippen molar-refractivity contribution in [3.05, 3.63) is 12.3 Å². The predicted molar refractivity (Wildman–Crippen MR) is 49.3 cm³/mol. The molecule has 6 nitrogen and oxygen atoms in total. The van der Waals surface area contributed by atoms with Crippen LogP contribution in [0.2, 0.25) is 0 Å². The molecule has 0 aliphatic carbocycles. The van der Waals surface area contributed by atoms with E-state index in [0.717, 1.165) is 0 Å². The summed E-state index contributed by atoms with van der Waals surface area (Å²) in [5, 5.41) is 10.8. The van der Waals surface area contributed by atoms with Gasteiger partial charge in [0.2, 0.25) is 0 Å². The number of hydrogen-bond acceptors (Lipinski definition) is 3. The van der Waals surface area contributed by atoms with Crippen LogP contribution in [0.1, 0.15) is 20.3 Å². The number of aliphatic carboxylic acids is 1. The first-order valence-electron chi connectivity index (χ1n) is 3.99. The summed E-state index contributed by atoms with van der Waals surface area (Å²) in [7, 11) is 0. The first-order chi connectivity index (χ1) is 6.30. The van der Waals surface area contributed by atoms with E-state index in [1.807, 2.05) is 0 Å². The molecule has 0 aromatic carbocycles. The Bertz CT molecular complexity index is 264. The Hall–Kier alpha value is -1.72. The number of nitrogens with two attached hydrogens (primary N) is 1. The van der Waals surface area contributed by atoms with Crippen molar-refractivity contribution in [3.63, 3.8) is 0 Å². The van der Waals surface area contributed by atoms with Crippen LogP contribution < -0.4 is 11.1 Å². The molecule has 80 valence electrons. The maximum absolute atomic E-state index is 10.6. The molecule has 0 aliphatic heterocycles. The maximum atomic E-state index is 10.6. The Morgan fingerprint density at radius 2 is 2.14 bits per heavy atom. The van der Waals surface area contributed by atoms with Gasteiger partial charge in [-0.15, -0.1) is 0 Å². The second-order valence-corrected chi connectivity index (χ2v) is 2.90. The normalized spacial score (nSPS) is 13.9. The average Bonchev–Trinajstić information content (AvgIpc) is 2.02. The molecule has 0 bridgehead atoms. The molecule has 0 heterocycles. The van der Waals surface area contributed by atoms with Crippen molar-refractivity contribution < 1.29 is 19.4 Å². The number of primary amides is 1. The van der Waals surface area contributed by atoms with Crippen LogP contribution >= 0.6 is 0 Å². The van der Waals surface area contributed by atoms with Crippen LogP contribution in [-0.4, -0.2) is 22.8 Å². The van der Waals surface area contributed by atoms with Gasteiger partial charge in [-0.3, -0.25) is 0 Å². The molecule has 0 fully saturated rings. The van der Waals surface area contributed by atoms with E-state index in [-0.39, 0.29) is 0 Å². The minimum absolute atomic E-state index is 0.363. The SMILES string of the molecule is C=C(OC(C)(CC)NC(N)=O)C(=O)O. The third-order valence-electron chi connectivity index (χ3n) is 1.65. The zero-order valence-electron chi connectivity index (χ0n) is 8.16. The number of amides is 2. The van der Waals surface area contributed by atoms with Gasteiger partial charge in [-0.25, -0.2) is 9.59 Å². The molecule has 0 aromatic heterocycles. The summed E-state index contributed by atoms with van der Waals surface area (Å²) in [6.07, 6.45) is 0.363. The quantitative estimate of drug-likeness (QED) is 0.341. The lowest BCUT2D eigenvalue weighted by molar-refractivity contribution is -0.140. The summed E-state index contributed by atoms with van der Waals surface area (Å²) in [5.41, 5.74) is 3.76. The summed E-state index contributed by atoms with van der Waals surface area (Å²) in [6, 6.07) is -0.785. The van der Waals surface area contributed by atoms with Crippen LogP contribution in [0.15, 0.2) is 12.3 Å². The summed E-state index contributed by atoms with van der Waals surface area (Å²) in [6.45, 7) is 6.40. The monoisotopic (exact) mass is 202 g/mol. The second-order valence-electron chi connectivity index (χ2n) is 2.90. The topological polar surface area (TPSA) is 102 Å². The van der Waals surface area contributed by atoms with E-state index in [1.165, 1.54) is 6.92 Å². The van der Waals surface area contributed by atoms with Crippen molar-refractivity contribution in [3.8, 4) is 0 Å². The number of urea groups is 1. The molecule has 2 amide bonds. The van der Waals surface area contributed by atoms with Gasteiger partial charge in [-0.1, -0.05) is 6.92 Å². The first-order valence-corrected chi connectivity index (χ1v) is 3.99. The van der Waals surface area contributed by atoms with Crippen molar-refractivity contribution >= 4 is 12.0 Å². The Kier molecular flexibility index (Phi) is 3.95. The molecule has 0 saturated carbocycles. The Labute approximate surface area is 81.7 Å². The zero-order valence-corrected chi connectivity index (χ0v) is 8.16. The van der Waals surface area contributed by atoms with Crippen LogP contribution in [-0.2, 0) is 9.53 Å². The number of ether oxygens (including phenoxy) is 1. The lowest BCUT2D eigenvalue weighted by atomic mass is 10.2. The molecule has 0 spiro atoms. The molecule has 0 radical (unpaired) electrons. The van der Waals surface area contributed by atoms with Crippen molar-refractivity contribution in [1.82, 2.24) is 5.32 Å². The minimum Gasteiger partial charge on any atom is -0.475 e. The Morgan fingerprint density at radius 3 is 2.43 bits per heavy atom. The fourth-order valence-corrected chi connectivity index (χ4v) is 0.762. The predicted octanol–water partition coefficient (Wildman–Crippen LogP) is 0.396. The van der Waals surface area contributed by atoms with E-state index in [2.05, 4.69) is 11.9 Å². The lowest BCUT2D eigenvalue weighted by Crippen LogP contribution is -2.50. The number of nitrogens with one attached hydrogen (secondary N) is 1. The largest absolute Gasteiger partial charge is 0.475 e. The molecule has 6 heteroatoms. The van der Waals surface area contributed by atoms with Crippen LogP contribution in [0.25, 0.3) is 0 Å². The number of hydrogen-bond donors (Lipinski definition) is 3. The van der Waals surface area contributed by atoms with Gasteiger partial charge in [0.25, 0.3) is 0 Å². The lowest BCUT2D eigenvalue weighted by Gasteiger charge is -2.29. The fraction of sp³-hybridized carbons (Fsp3) is 0.500. The summed E-state index contributed by atoms with van der Waals surface area (Å²) in [5.74, 6) is -1.72. The summed E-state index contributed by atoms with van der Waals surface area (Å²) in [4.78, 5) is 21.0. The van der Waals surface area contributed by atoms with Gasteiger partial charge in [-0.05, 0) is 13.5 Å². The number of carbonyl (C=O) groups is 2. The van der Waals surface area contributed by atoms with Gasteiger partial charge in [0.1, 0.15) is 0 Å². The first kappa shape index (κ1) is 12.3. The second kappa shape index (κ2) is 4.50. The van der Waals surface area contributed by atoms with Crippen molar-refractivity contribution in [2.24, 2.45) is 5.73 Å². The average molecular weight is 202 g/mol. The van der Waals surface area contributed by atoms with E-state index in [4.69, 9.17) is 15.6 Å². The molecule has 4 N–H and O–H groups in total. The Morgan fingerprint density at radius 1 is 1.64 bits per heavy atom. The third-order valence-corrected chi connectivity index (χ3v) is 1.65. The summed E-state index contributed by atoms with van der Waals surface area (Å²) < 4.78 is 4.95. The highest BCUT2D eigenvalue weighted by molar-refractivity contribution is 5.83. The van der Waals surface area contributed by atoms with E-state index in [1.54, 1.807) is 6.92 Å². The highest BCUT2D eigenvalue weighted by atomic mass is 16.5. The molecule has 0 aliphatic rings. The Balaban J connectivity index is 4.47. The molecular weight excluding hydrogens is 188 g/mol. The molecular formula is C8H14N2O4. The van der Waals surface area contributed by atoms with E-state index in [0.29, 0.717) is 6.42 Å². The van der Waals surface area contributed by atoms with Crippen LogP contribution in [0.3, 0.4) is 0 Å². The molecule has 1 atom stereocenters. The molecule has 1 unspecified atom stereocenters. The highest BCUT2D eigenvalue weighted by Crippen LogP contribution is 2.15. The number of carboxylic acid groups (broad SMARTS) is 1. The molecule has 0 saturated heterocycles. The van der Waals surface area contributed by atoms with Gasteiger partial charge in [-0.2, -0.15) is 0 Å². The van der Waals surface area contributed by atoms with Gasteiger partial charge >= 0.3 is 12.0 Å². The third kappa shape index (κ3) is 3.79.